The summed E-state index contributed by atoms with van der Waals surface area (Å²) in [7, 11) is 0. The molecule has 0 radical (unpaired) electrons. The number of hydrogen-bond acceptors (Lipinski definition) is 5. The lowest BCUT2D eigenvalue weighted by Gasteiger charge is -2.10. The number of nitrogens with zero attached hydrogens (tertiary/aromatic N) is 3. The molecular formula is C25H25N3O2S2. The van der Waals surface area contributed by atoms with Crippen LogP contribution in [0.1, 0.15) is 31.4 Å². The Morgan fingerprint density at radius 3 is 2.59 bits per heavy atom. The second-order valence-corrected chi connectivity index (χ2v) is 9.14. The van der Waals surface area contributed by atoms with Crippen molar-refractivity contribution in [2.24, 2.45) is 0 Å². The first-order valence-corrected chi connectivity index (χ1v) is 11.9. The van der Waals surface area contributed by atoms with E-state index in [4.69, 9.17) is 22.1 Å². The van der Waals surface area contributed by atoms with Gasteiger partial charge >= 0.3 is 0 Å². The van der Waals surface area contributed by atoms with Crippen molar-refractivity contribution in [1.29, 1.82) is 0 Å². The molecule has 4 rings (SSSR count). The van der Waals surface area contributed by atoms with Gasteiger partial charge in [-0.15, -0.1) is 0 Å². The molecule has 164 valence electrons. The molecule has 0 unspecified atom stereocenters. The summed E-state index contributed by atoms with van der Waals surface area (Å²) in [6, 6.07) is 16.0. The highest BCUT2D eigenvalue weighted by atomic mass is 32.2. The molecule has 32 heavy (non-hydrogen) atoms. The molecule has 2 heterocycles. The number of amides is 1. The van der Waals surface area contributed by atoms with Crippen LogP contribution in [-0.2, 0) is 4.79 Å². The maximum Gasteiger partial charge on any atom is 0.266 e. The minimum Gasteiger partial charge on any atom is -0.494 e. The number of rotatable bonds is 7. The summed E-state index contributed by atoms with van der Waals surface area (Å²) in [6.45, 7) is 7.32. The SMILES string of the molecule is CCCOc1ccc(-c2nn(-c3ccccc3)cc2/C=C2\SC(=S)N(CC)C2=O)c(C)c1. The van der Waals surface area contributed by atoms with Crippen LogP contribution in [0.5, 0.6) is 5.75 Å². The number of hydrogen-bond donors (Lipinski definition) is 0. The number of ether oxygens (including phenoxy) is 1. The number of para-hydroxylation sites is 1. The molecule has 1 amide bonds. The molecule has 1 saturated heterocycles. The fraction of sp³-hybridized carbons (Fsp3) is 0.240. The van der Waals surface area contributed by atoms with E-state index in [1.165, 1.54) is 11.8 Å². The summed E-state index contributed by atoms with van der Waals surface area (Å²) in [6.07, 6.45) is 4.82. The number of benzene rings is 2. The highest BCUT2D eigenvalue weighted by Gasteiger charge is 2.31. The van der Waals surface area contributed by atoms with E-state index in [0.717, 1.165) is 40.2 Å². The number of aryl methyl sites for hydroxylation is 1. The molecule has 1 aliphatic rings. The summed E-state index contributed by atoms with van der Waals surface area (Å²) in [5, 5.41) is 4.89. The molecule has 0 N–H and O–H groups in total. The van der Waals surface area contributed by atoms with Crippen LogP contribution in [0.2, 0.25) is 0 Å². The van der Waals surface area contributed by atoms with E-state index >= 15 is 0 Å². The summed E-state index contributed by atoms with van der Waals surface area (Å²) >= 11 is 6.72. The topological polar surface area (TPSA) is 47.4 Å². The molecule has 7 heteroatoms. The summed E-state index contributed by atoms with van der Waals surface area (Å²) < 4.78 is 8.23. The molecule has 0 bridgehead atoms. The highest BCUT2D eigenvalue weighted by Crippen LogP contribution is 2.36. The summed E-state index contributed by atoms with van der Waals surface area (Å²) in [5.74, 6) is 0.793. The van der Waals surface area contributed by atoms with Gasteiger partial charge in [0, 0.05) is 23.9 Å². The van der Waals surface area contributed by atoms with Gasteiger partial charge in [0.2, 0.25) is 0 Å². The van der Waals surface area contributed by atoms with Crippen molar-refractivity contribution in [2.45, 2.75) is 27.2 Å². The van der Waals surface area contributed by atoms with Gasteiger partial charge in [-0.2, -0.15) is 5.10 Å². The Hall–Kier alpha value is -2.90. The monoisotopic (exact) mass is 463 g/mol. The van der Waals surface area contributed by atoms with E-state index < -0.39 is 0 Å². The van der Waals surface area contributed by atoms with Gasteiger partial charge in [0.1, 0.15) is 15.8 Å². The minimum absolute atomic E-state index is 0.0547. The normalized spacial score (nSPS) is 15.1. The fourth-order valence-electron chi connectivity index (χ4n) is 3.54. The zero-order valence-electron chi connectivity index (χ0n) is 18.4. The number of carbonyl (C=O) groups excluding carboxylic acids is 1. The van der Waals surface area contributed by atoms with Crippen LogP contribution in [0.25, 0.3) is 23.0 Å². The van der Waals surface area contributed by atoms with E-state index in [1.807, 2.05) is 72.4 Å². The molecule has 0 aliphatic carbocycles. The first kappa shape index (κ1) is 22.3. The highest BCUT2D eigenvalue weighted by molar-refractivity contribution is 8.26. The van der Waals surface area contributed by atoms with Gasteiger partial charge in [-0.25, -0.2) is 4.68 Å². The van der Waals surface area contributed by atoms with E-state index in [2.05, 4.69) is 13.8 Å². The van der Waals surface area contributed by atoms with Crippen molar-refractivity contribution in [3.63, 3.8) is 0 Å². The first-order chi connectivity index (χ1) is 15.5. The number of aromatic nitrogens is 2. The summed E-state index contributed by atoms with van der Waals surface area (Å²) in [4.78, 5) is 15.0. The third kappa shape index (κ3) is 4.49. The number of likely N-dealkylation sites (N-methyl/N-ethyl adjacent to an activating group) is 1. The number of thiocarbonyl (C=S) groups is 1. The van der Waals surface area contributed by atoms with Crippen molar-refractivity contribution < 1.29 is 9.53 Å². The lowest BCUT2D eigenvalue weighted by molar-refractivity contribution is -0.121. The first-order valence-electron chi connectivity index (χ1n) is 10.7. The van der Waals surface area contributed by atoms with Crippen molar-refractivity contribution in [1.82, 2.24) is 14.7 Å². The molecule has 0 atom stereocenters. The standard InChI is InChI=1S/C25H25N3O2S2/c1-4-13-30-20-11-12-21(17(3)14-20)23-18(15-22-24(29)27(5-2)25(31)32-22)16-28(26-23)19-9-7-6-8-10-19/h6-12,14-16H,4-5,13H2,1-3H3/b22-15-. The predicted molar refractivity (Wildman–Crippen MR) is 135 cm³/mol. The molecule has 5 nitrogen and oxygen atoms in total. The van der Waals surface area contributed by atoms with Gasteiger partial charge in [-0.1, -0.05) is 49.1 Å². The van der Waals surface area contributed by atoms with E-state index in [1.54, 1.807) is 4.90 Å². The van der Waals surface area contributed by atoms with E-state index in [9.17, 15) is 4.79 Å². The smallest absolute Gasteiger partial charge is 0.266 e. The lowest BCUT2D eigenvalue weighted by Crippen LogP contribution is -2.27. The molecule has 0 saturated carbocycles. The molecular weight excluding hydrogens is 438 g/mol. The number of thioether (sulfide) groups is 1. The van der Waals surface area contributed by atoms with Gasteiger partial charge in [0.25, 0.3) is 5.91 Å². The van der Waals surface area contributed by atoms with Gasteiger partial charge in [-0.3, -0.25) is 9.69 Å². The Balaban J connectivity index is 1.80. The third-order valence-corrected chi connectivity index (χ3v) is 6.54. The maximum absolute atomic E-state index is 12.8. The van der Waals surface area contributed by atoms with Gasteiger partial charge in [0.15, 0.2) is 0 Å². The van der Waals surface area contributed by atoms with Crippen molar-refractivity contribution >= 4 is 40.3 Å². The predicted octanol–water partition coefficient (Wildman–Crippen LogP) is 5.86. The van der Waals surface area contributed by atoms with Crippen LogP contribution >= 0.6 is 24.0 Å². The molecule has 1 fully saturated rings. The zero-order valence-corrected chi connectivity index (χ0v) is 20.0. The van der Waals surface area contributed by atoms with Gasteiger partial charge < -0.3 is 4.74 Å². The molecule has 1 aromatic heterocycles. The Morgan fingerprint density at radius 1 is 1.16 bits per heavy atom. The van der Waals surface area contributed by atoms with Crippen molar-refractivity contribution in [3.05, 3.63) is 70.8 Å². The van der Waals surface area contributed by atoms with Crippen molar-refractivity contribution in [3.8, 4) is 22.7 Å². The Kier molecular flexibility index (Phi) is 6.77. The average molecular weight is 464 g/mol. The Bertz CT molecular complexity index is 1190. The quantitative estimate of drug-likeness (QED) is 0.325. The van der Waals surface area contributed by atoms with E-state index in [-0.39, 0.29) is 5.91 Å². The molecule has 2 aromatic carbocycles. The Labute approximate surface area is 198 Å². The second-order valence-electron chi connectivity index (χ2n) is 7.46. The lowest BCUT2D eigenvalue weighted by atomic mass is 10.0. The minimum atomic E-state index is -0.0547. The molecule has 0 spiro atoms. The molecule has 1 aliphatic heterocycles. The fourth-order valence-corrected chi connectivity index (χ4v) is 4.92. The van der Waals surface area contributed by atoms with Gasteiger partial charge in [0.05, 0.1) is 17.2 Å². The van der Waals surface area contributed by atoms with Crippen LogP contribution in [0.15, 0.2) is 59.6 Å². The Morgan fingerprint density at radius 2 is 1.94 bits per heavy atom. The maximum atomic E-state index is 12.8. The third-order valence-electron chi connectivity index (χ3n) is 5.17. The number of carbonyl (C=O) groups is 1. The van der Waals surface area contributed by atoms with Crippen LogP contribution in [0.4, 0.5) is 0 Å². The van der Waals surface area contributed by atoms with Crippen LogP contribution < -0.4 is 4.74 Å². The largest absolute Gasteiger partial charge is 0.494 e. The molecule has 3 aromatic rings. The van der Waals surface area contributed by atoms with Crippen LogP contribution in [0, 0.1) is 6.92 Å². The second kappa shape index (κ2) is 9.71. The average Bonchev–Trinajstić information content (AvgIpc) is 3.33. The zero-order chi connectivity index (χ0) is 22.7. The van der Waals surface area contributed by atoms with Crippen LogP contribution in [-0.4, -0.2) is 38.1 Å². The van der Waals surface area contributed by atoms with E-state index in [0.29, 0.717) is 22.4 Å². The van der Waals surface area contributed by atoms with Crippen LogP contribution in [0.3, 0.4) is 0 Å². The van der Waals surface area contributed by atoms with Gasteiger partial charge in [-0.05, 0) is 62.2 Å². The van der Waals surface area contributed by atoms with Crippen molar-refractivity contribution in [2.75, 3.05) is 13.2 Å². The summed E-state index contributed by atoms with van der Waals surface area (Å²) in [5.41, 5.74) is 4.70.